The van der Waals surface area contributed by atoms with Gasteiger partial charge in [0.25, 0.3) is 11.5 Å². The monoisotopic (exact) mass is 526 g/mol. The summed E-state index contributed by atoms with van der Waals surface area (Å²) in [6.45, 7) is 0. The number of benzene rings is 3. The summed E-state index contributed by atoms with van der Waals surface area (Å²) >= 11 is 10.6. The van der Waals surface area contributed by atoms with Crippen molar-refractivity contribution in [1.82, 2.24) is 15.0 Å². The van der Waals surface area contributed by atoms with Gasteiger partial charge in [-0.2, -0.15) is 5.10 Å². The summed E-state index contributed by atoms with van der Waals surface area (Å²) in [5.74, 6) is -0.302. The first-order valence-electron chi connectivity index (χ1n) is 9.50. The third kappa shape index (κ3) is 5.09. The highest BCUT2D eigenvalue weighted by atomic mass is 79.9. The number of para-hydroxylation sites is 1. The number of fused-ring (bicyclic) bond motifs is 1. The van der Waals surface area contributed by atoms with Crippen LogP contribution in [-0.4, -0.2) is 27.4 Å². The van der Waals surface area contributed by atoms with Crippen LogP contribution in [0.3, 0.4) is 0 Å². The molecule has 6 nitrogen and oxygen atoms in total. The maximum atomic E-state index is 13.2. The first kappa shape index (κ1) is 22.3. The molecule has 0 aliphatic carbocycles. The standard InChI is InChI=1S/C23H16BrClN4O2S/c24-16-9-11-17(12-10-16)29-22(31)18-6-2-4-8-20(18)27-23(29)32-14-21(30)28-26-13-15-5-1-3-7-19(15)25/h1-13H,14H2,(H,28,30)/b26-13+. The third-order valence-electron chi connectivity index (χ3n) is 4.46. The van der Waals surface area contributed by atoms with Gasteiger partial charge in [-0.25, -0.2) is 10.4 Å². The van der Waals surface area contributed by atoms with E-state index in [1.54, 1.807) is 30.3 Å². The number of aromatic nitrogens is 2. The van der Waals surface area contributed by atoms with Crippen molar-refractivity contribution in [1.29, 1.82) is 0 Å². The predicted molar refractivity (Wildman–Crippen MR) is 133 cm³/mol. The fourth-order valence-electron chi connectivity index (χ4n) is 2.94. The van der Waals surface area contributed by atoms with Crippen LogP contribution in [-0.2, 0) is 4.79 Å². The number of thioether (sulfide) groups is 1. The van der Waals surface area contributed by atoms with E-state index >= 15 is 0 Å². The van der Waals surface area contributed by atoms with Crippen molar-refractivity contribution < 1.29 is 4.79 Å². The molecular formula is C23H16BrClN4O2S. The molecule has 1 amide bonds. The van der Waals surface area contributed by atoms with E-state index < -0.39 is 0 Å². The maximum Gasteiger partial charge on any atom is 0.266 e. The second-order valence-electron chi connectivity index (χ2n) is 6.63. The molecule has 0 aliphatic rings. The highest BCUT2D eigenvalue weighted by Gasteiger charge is 2.14. The van der Waals surface area contributed by atoms with Crippen molar-refractivity contribution >= 4 is 62.3 Å². The van der Waals surface area contributed by atoms with Crippen LogP contribution in [0.2, 0.25) is 5.02 Å². The van der Waals surface area contributed by atoms with Crippen LogP contribution in [0.1, 0.15) is 5.56 Å². The molecule has 0 aliphatic heterocycles. The Morgan fingerprint density at radius 1 is 1.09 bits per heavy atom. The van der Waals surface area contributed by atoms with Gasteiger partial charge in [0, 0.05) is 15.1 Å². The summed E-state index contributed by atoms with van der Waals surface area (Å²) in [7, 11) is 0. The number of amides is 1. The molecular weight excluding hydrogens is 512 g/mol. The van der Waals surface area contributed by atoms with Gasteiger partial charge in [0.1, 0.15) is 0 Å². The lowest BCUT2D eigenvalue weighted by atomic mass is 10.2. The van der Waals surface area contributed by atoms with Crippen LogP contribution in [0.15, 0.2) is 92.3 Å². The highest BCUT2D eigenvalue weighted by molar-refractivity contribution is 9.10. The van der Waals surface area contributed by atoms with Crippen molar-refractivity contribution in [2.24, 2.45) is 5.10 Å². The number of carbonyl (C=O) groups is 1. The molecule has 160 valence electrons. The molecule has 0 unspecified atom stereocenters. The predicted octanol–water partition coefficient (Wildman–Crippen LogP) is 5.04. The van der Waals surface area contributed by atoms with E-state index in [9.17, 15) is 9.59 Å². The lowest BCUT2D eigenvalue weighted by Crippen LogP contribution is -2.24. The van der Waals surface area contributed by atoms with E-state index in [4.69, 9.17) is 11.6 Å². The van der Waals surface area contributed by atoms with Gasteiger partial charge in [0.2, 0.25) is 0 Å². The summed E-state index contributed by atoms with van der Waals surface area (Å²) in [5, 5.41) is 5.42. The van der Waals surface area contributed by atoms with Crippen LogP contribution in [0.25, 0.3) is 16.6 Å². The Balaban J connectivity index is 1.57. The average molecular weight is 528 g/mol. The smallest absolute Gasteiger partial charge is 0.266 e. The molecule has 0 radical (unpaired) electrons. The lowest BCUT2D eigenvalue weighted by molar-refractivity contribution is -0.118. The quantitative estimate of drug-likeness (QED) is 0.165. The minimum absolute atomic E-state index is 0.0289. The first-order valence-corrected chi connectivity index (χ1v) is 11.7. The van der Waals surface area contributed by atoms with Crippen LogP contribution in [0.4, 0.5) is 0 Å². The second kappa shape index (κ2) is 10.1. The highest BCUT2D eigenvalue weighted by Crippen LogP contribution is 2.22. The Morgan fingerprint density at radius 3 is 2.59 bits per heavy atom. The number of rotatable bonds is 6. The number of halogens is 2. The zero-order chi connectivity index (χ0) is 22.5. The zero-order valence-corrected chi connectivity index (χ0v) is 19.7. The number of hydrazone groups is 1. The molecule has 0 fully saturated rings. The zero-order valence-electron chi connectivity index (χ0n) is 16.5. The van der Waals surface area contributed by atoms with Gasteiger partial charge in [-0.15, -0.1) is 0 Å². The lowest BCUT2D eigenvalue weighted by Gasteiger charge is -2.13. The molecule has 4 rings (SSSR count). The Morgan fingerprint density at radius 2 is 1.81 bits per heavy atom. The van der Waals surface area contributed by atoms with Crippen molar-refractivity contribution in [3.63, 3.8) is 0 Å². The molecule has 0 saturated heterocycles. The van der Waals surface area contributed by atoms with Crippen molar-refractivity contribution in [2.75, 3.05) is 5.75 Å². The van der Waals surface area contributed by atoms with Crippen LogP contribution < -0.4 is 11.0 Å². The molecule has 1 aromatic heterocycles. The molecule has 1 N–H and O–H groups in total. The minimum atomic E-state index is -0.330. The summed E-state index contributed by atoms with van der Waals surface area (Å²) in [4.78, 5) is 30.2. The average Bonchev–Trinajstić information content (AvgIpc) is 2.80. The van der Waals surface area contributed by atoms with Gasteiger partial charge < -0.3 is 0 Å². The van der Waals surface area contributed by atoms with Gasteiger partial charge in [-0.05, 0) is 42.5 Å². The van der Waals surface area contributed by atoms with Gasteiger partial charge in [0.05, 0.1) is 28.6 Å². The molecule has 0 bridgehead atoms. The molecule has 0 atom stereocenters. The summed E-state index contributed by atoms with van der Waals surface area (Å²) < 4.78 is 2.41. The Hall–Kier alpha value is -2.94. The molecule has 32 heavy (non-hydrogen) atoms. The van der Waals surface area contributed by atoms with E-state index in [1.807, 2.05) is 42.5 Å². The number of hydrogen-bond donors (Lipinski definition) is 1. The molecule has 0 saturated carbocycles. The third-order valence-corrected chi connectivity index (χ3v) is 6.27. The first-order chi connectivity index (χ1) is 15.5. The van der Waals surface area contributed by atoms with E-state index in [1.165, 1.54) is 10.8 Å². The molecule has 3 aromatic carbocycles. The number of carbonyl (C=O) groups excluding carboxylic acids is 1. The van der Waals surface area contributed by atoms with Crippen LogP contribution in [0, 0.1) is 0 Å². The minimum Gasteiger partial charge on any atom is -0.272 e. The Labute approximate surface area is 201 Å². The van der Waals surface area contributed by atoms with E-state index in [0.29, 0.717) is 32.3 Å². The largest absolute Gasteiger partial charge is 0.272 e. The normalized spacial score (nSPS) is 11.2. The number of hydrogen-bond acceptors (Lipinski definition) is 5. The van der Waals surface area contributed by atoms with E-state index in [2.05, 4.69) is 31.4 Å². The van der Waals surface area contributed by atoms with Crippen molar-refractivity contribution in [3.05, 3.63) is 98.2 Å². The van der Waals surface area contributed by atoms with Crippen molar-refractivity contribution in [3.8, 4) is 5.69 Å². The van der Waals surface area contributed by atoms with Crippen LogP contribution in [0.5, 0.6) is 0 Å². The van der Waals surface area contributed by atoms with Crippen molar-refractivity contribution in [2.45, 2.75) is 5.16 Å². The fraction of sp³-hybridized carbons (Fsp3) is 0.0435. The van der Waals surface area contributed by atoms with E-state index in [-0.39, 0.29) is 17.2 Å². The maximum absolute atomic E-state index is 13.2. The topological polar surface area (TPSA) is 76.3 Å². The summed E-state index contributed by atoms with van der Waals surface area (Å²) in [5.41, 5.74) is 4.21. The van der Waals surface area contributed by atoms with Crippen LogP contribution >= 0.6 is 39.3 Å². The molecule has 9 heteroatoms. The molecule has 1 heterocycles. The number of nitrogens with zero attached hydrogens (tertiary/aromatic N) is 3. The Kier molecular flexibility index (Phi) is 7.04. The van der Waals surface area contributed by atoms with Gasteiger partial charge in [-0.3, -0.25) is 14.2 Å². The summed E-state index contributed by atoms with van der Waals surface area (Å²) in [6.07, 6.45) is 1.48. The fourth-order valence-corrected chi connectivity index (χ4v) is 4.20. The second-order valence-corrected chi connectivity index (χ2v) is 8.90. The van der Waals surface area contributed by atoms with E-state index in [0.717, 1.165) is 16.2 Å². The van der Waals surface area contributed by atoms with Gasteiger partial charge in [-0.1, -0.05) is 69.6 Å². The SMILES string of the molecule is O=C(CSc1nc2ccccc2c(=O)n1-c1ccc(Br)cc1)N/N=C/c1ccccc1Cl. The molecule has 4 aromatic rings. The Bertz CT molecular complexity index is 1370. The van der Waals surface area contributed by atoms with Gasteiger partial charge >= 0.3 is 0 Å². The molecule has 0 spiro atoms. The summed E-state index contributed by atoms with van der Waals surface area (Å²) in [6, 6.07) is 21.7. The number of nitrogens with one attached hydrogen (secondary N) is 1. The van der Waals surface area contributed by atoms with Gasteiger partial charge in [0.15, 0.2) is 5.16 Å².